The Labute approximate surface area is 172 Å². The van der Waals surface area contributed by atoms with Crippen LogP contribution in [0.2, 0.25) is 0 Å². The summed E-state index contributed by atoms with van der Waals surface area (Å²) in [4.78, 5) is 6.65. The molecule has 1 fully saturated rings. The van der Waals surface area contributed by atoms with Crippen molar-refractivity contribution >= 4 is 29.9 Å². The molecule has 1 atom stereocenters. The zero-order chi connectivity index (χ0) is 17.5. The van der Waals surface area contributed by atoms with Gasteiger partial charge in [0.05, 0.1) is 19.3 Å². The van der Waals surface area contributed by atoms with E-state index in [4.69, 9.17) is 9.47 Å². The average Bonchev–Trinajstić information content (AvgIpc) is 2.86. The maximum absolute atomic E-state index is 5.71. The fraction of sp³-hybridized carbons (Fsp3) is 0.824. The van der Waals surface area contributed by atoms with Crippen molar-refractivity contribution in [3.05, 3.63) is 11.6 Å². The van der Waals surface area contributed by atoms with Gasteiger partial charge in [0, 0.05) is 53.2 Å². The van der Waals surface area contributed by atoms with Crippen LogP contribution in [-0.4, -0.2) is 78.7 Å². The summed E-state index contributed by atoms with van der Waals surface area (Å²) < 4.78 is 13.2. The topological polar surface area (TPSA) is 76.8 Å². The Balaban J connectivity index is 0.00000243. The van der Waals surface area contributed by atoms with E-state index in [1.54, 1.807) is 7.11 Å². The van der Waals surface area contributed by atoms with Gasteiger partial charge in [-0.3, -0.25) is 4.99 Å². The number of aliphatic imine (C=N–C) groups is 1. The number of aromatic nitrogens is 3. The van der Waals surface area contributed by atoms with Crippen LogP contribution in [-0.2, 0) is 28.9 Å². The highest BCUT2D eigenvalue weighted by Gasteiger charge is 2.23. The highest BCUT2D eigenvalue weighted by atomic mass is 127. The number of hydrogen-bond acceptors (Lipinski definition) is 5. The van der Waals surface area contributed by atoms with E-state index >= 15 is 0 Å². The third kappa shape index (κ3) is 5.53. The van der Waals surface area contributed by atoms with Gasteiger partial charge in [0.25, 0.3) is 0 Å². The number of nitrogens with zero attached hydrogens (tertiary/aromatic N) is 5. The van der Waals surface area contributed by atoms with Crippen LogP contribution in [0.1, 0.15) is 30.9 Å². The molecule has 2 aliphatic rings. The molecule has 0 bridgehead atoms. The summed E-state index contributed by atoms with van der Waals surface area (Å²) in [6, 6.07) is 0. The number of guanidine groups is 1. The Kier molecular flexibility index (Phi) is 9.06. The maximum atomic E-state index is 5.71. The van der Waals surface area contributed by atoms with Crippen molar-refractivity contribution in [1.29, 1.82) is 0 Å². The fourth-order valence-electron chi connectivity index (χ4n) is 3.55. The van der Waals surface area contributed by atoms with Crippen LogP contribution < -0.4 is 5.32 Å². The van der Waals surface area contributed by atoms with E-state index in [0.29, 0.717) is 13.2 Å². The average molecular weight is 478 g/mol. The summed E-state index contributed by atoms with van der Waals surface area (Å²) in [6.07, 6.45) is 5.75. The van der Waals surface area contributed by atoms with Gasteiger partial charge in [0.15, 0.2) is 5.96 Å². The standard InChI is InChI=1S/C17H30N6O2.HI/c1-18-17(22-10-11-25-14(12-22)13-24-2)19-8-7-16-21-20-15-6-4-3-5-9-23(15)16;/h14H,3-13H2,1-2H3,(H,18,19);1H. The van der Waals surface area contributed by atoms with Crippen molar-refractivity contribution in [3.63, 3.8) is 0 Å². The number of morpholine rings is 1. The monoisotopic (exact) mass is 478 g/mol. The zero-order valence-corrected chi connectivity index (χ0v) is 18.1. The predicted molar refractivity (Wildman–Crippen MR) is 111 cm³/mol. The summed E-state index contributed by atoms with van der Waals surface area (Å²) in [6.45, 7) is 4.81. The van der Waals surface area contributed by atoms with Crippen molar-refractivity contribution in [2.75, 3.05) is 47.0 Å². The molecule has 0 spiro atoms. The second-order valence-electron chi connectivity index (χ2n) is 6.61. The van der Waals surface area contributed by atoms with Crippen molar-refractivity contribution in [3.8, 4) is 0 Å². The SMILES string of the molecule is CN=C(NCCc1nnc2n1CCCCC2)N1CCOC(COC)C1.I. The Bertz CT molecular complexity index is 578. The zero-order valence-electron chi connectivity index (χ0n) is 15.8. The number of ether oxygens (including phenoxy) is 2. The van der Waals surface area contributed by atoms with Gasteiger partial charge in [-0.1, -0.05) is 6.42 Å². The van der Waals surface area contributed by atoms with Gasteiger partial charge in [-0.05, 0) is 12.8 Å². The van der Waals surface area contributed by atoms with Crippen LogP contribution in [0.3, 0.4) is 0 Å². The van der Waals surface area contributed by atoms with Crippen LogP contribution in [0, 0.1) is 0 Å². The number of nitrogens with one attached hydrogen (secondary N) is 1. The number of halogens is 1. The van der Waals surface area contributed by atoms with E-state index < -0.39 is 0 Å². The van der Waals surface area contributed by atoms with E-state index in [2.05, 4.69) is 30.0 Å². The van der Waals surface area contributed by atoms with Crippen LogP contribution in [0.5, 0.6) is 0 Å². The first-order valence-corrected chi connectivity index (χ1v) is 9.29. The Morgan fingerprint density at radius 1 is 1.31 bits per heavy atom. The second kappa shape index (κ2) is 11.0. The smallest absolute Gasteiger partial charge is 0.193 e. The molecule has 1 aromatic heterocycles. The molecule has 0 aromatic carbocycles. The number of aryl methyl sites for hydroxylation is 1. The van der Waals surface area contributed by atoms with Gasteiger partial charge in [0.1, 0.15) is 11.6 Å². The number of hydrogen-bond donors (Lipinski definition) is 1. The molecule has 3 heterocycles. The largest absolute Gasteiger partial charge is 0.382 e. The first-order valence-electron chi connectivity index (χ1n) is 9.29. The van der Waals surface area contributed by atoms with Gasteiger partial charge in [-0.25, -0.2) is 0 Å². The summed E-state index contributed by atoms with van der Waals surface area (Å²) in [5, 5.41) is 12.2. The third-order valence-electron chi connectivity index (χ3n) is 4.82. The minimum Gasteiger partial charge on any atom is -0.382 e. The first-order chi connectivity index (χ1) is 12.3. The highest BCUT2D eigenvalue weighted by Crippen LogP contribution is 2.14. The first kappa shape index (κ1) is 21.4. The molecule has 1 N–H and O–H groups in total. The summed E-state index contributed by atoms with van der Waals surface area (Å²) >= 11 is 0. The van der Waals surface area contributed by atoms with Crippen LogP contribution in [0.25, 0.3) is 0 Å². The lowest BCUT2D eigenvalue weighted by Crippen LogP contribution is -2.51. The minimum atomic E-state index is 0. The van der Waals surface area contributed by atoms with Crippen molar-refractivity contribution in [1.82, 2.24) is 25.0 Å². The Hall–Kier alpha value is -0.940. The molecule has 9 heteroatoms. The van der Waals surface area contributed by atoms with E-state index in [1.165, 1.54) is 19.3 Å². The molecule has 3 rings (SSSR count). The van der Waals surface area contributed by atoms with E-state index in [-0.39, 0.29) is 30.1 Å². The lowest BCUT2D eigenvalue weighted by molar-refractivity contribution is -0.0447. The van der Waals surface area contributed by atoms with E-state index in [0.717, 1.165) is 56.6 Å². The lowest BCUT2D eigenvalue weighted by atomic mass is 10.2. The van der Waals surface area contributed by atoms with Gasteiger partial charge in [-0.15, -0.1) is 34.2 Å². The fourth-order valence-corrected chi connectivity index (χ4v) is 3.55. The molecule has 1 aromatic rings. The summed E-state index contributed by atoms with van der Waals surface area (Å²) in [7, 11) is 3.53. The summed E-state index contributed by atoms with van der Waals surface area (Å²) in [5.41, 5.74) is 0. The van der Waals surface area contributed by atoms with Gasteiger partial charge in [-0.2, -0.15) is 0 Å². The molecule has 2 aliphatic heterocycles. The maximum Gasteiger partial charge on any atom is 0.193 e. The van der Waals surface area contributed by atoms with E-state index in [9.17, 15) is 0 Å². The molecule has 148 valence electrons. The molecular weight excluding hydrogens is 447 g/mol. The molecule has 1 saturated heterocycles. The van der Waals surface area contributed by atoms with E-state index in [1.807, 2.05) is 7.05 Å². The second-order valence-corrected chi connectivity index (χ2v) is 6.61. The molecule has 8 nitrogen and oxygen atoms in total. The highest BCUT2D eigenvalue weighted by molar-refractivity contribution is 14.0. The molecule has 0 radical (unpaired) electrons. The van der Waals surface area contributed by atoms with Crippen molar-refractivity contribution in [2.45, 2.75) is 44.8 Å². The molecular formula is C17H31IN6O2. The lowest BCUT2D eigenvalue weighted by Gasteiger charge is -2.34. The molecule has 26 heavy (non-hydrogen) atoms. The number of fused-ring (bicyclic) bond motifs is 1. The van der Waals surface area contributed by atoms with Gasteiger partial charge >= 0.3 is 0 Å². The Morgan fingerprint density at radius 3 is 3.00 bits per heavy atom. The molecule has 0 saturated carbocycles. The third-order valence-corrected chi connectivity index (χ3v) is 4.82. The van der Waals surface area contributed by atoms with Gasteiger partial charge < -0.3 is 24.3 Å². The predicted octanol–water partition coefficient (Wildman–Crippen LogP) is 1.09. The summed E-state index contributed by atoms with van der Waals surface area (Å²) in [5.74, 6) is 3.14. The van der Waals surface area contributed by atoms with Crippen molar-refractivity contribution < 1.29 is 9.47 Å². The number of methoxy groups -OCH3 is 1. The molecule has 1 unspecified atom stereocenters. The number of rotatable bonds is 5. The van der Waals surface area contributed by atoms with Crippen LogP contribution in [0.4, 0.5) is 0 Å². The van der Waals surface area contributed by atoms with Crippen LogP contribution in [0.15, 0.2) is 4.99 Å². The normalized spacial score (nSPS) is 20.9. The minimum absolute atomic E-state index is 0. The Morgan fingerprint density at radius 2 is 2.19 bits per heavy atom. The quantitative estimate of drug-likeness (QED) is 0.388. The van der Waals surface area contributed by atoms with Gasteiger partial charge in [0.2, 0.25) is 0 Å². The molecule has 0 amide bonds. The van der Waals surface area contributed by atoms with Crippen LogP contribution >= 0.6 is 24.0 Å². The molecule has 0 aliphatic carbocycles. The van der Waals surface area contributed by atoms with Crippen molar-refractivity contribution in [2.24, 2.45) is 4.99 Å².